The molecular formula is C22H29N3O3S. The Balaban J connectivity index is 1.67. The number of anilines is 1. The molecule has 0 atom stereocenters. The maximum atomic E-state index is 13.0. The summed E-state index contributed by atoms with van der Waals surface area (Å²) in [5, 5.41) is 3.00. The number of carbonyl (C=O) groups is 1. The lowest BCUT2D eigenvalue weighted by Gasteiger charge is -2.31. The van der Waals surface area contributed by atoms with Crippen molar-refractivity contribution in [1.82, 2.24) is 9.29 Å². The lowest BCUT2D eigenvalue weighted by molar-refractivity contribution is -0.120. The molecule has 1 aromatic heterocycles. The van der Waals surface area contributed by atoms with Gasteiger partial charge in [0.2, 0.25) is 15.9 Å². The molecule has 2 heterocycles. The number of pyridine rings is 1. The van der Waals surface area contributed by atoms with E-state index in [4.69, 9.17) is 0 Å². The van der Waals surface area contributed by atoms with Crippen LogP contribution in [0.25, 0.3) is 0 Å². The van der Waals surface area contributed by atoms with Gasteiger partial charge in [0.25, 0.3) is 0 Å². The lowest BCUT2D eigenvalue weighted by Crippen LogP contribution is -2.41. The van der Waals surface area contributed by atoms with Crippen LogP contribution >= 0.6 is 0 Å². The number of carbonyl (C=O) groups excluding carboxylic acids is 1. The number of piperidine rings is 1. The highest BCUT2D eigenvalue weighted by molar-refractivity contribution is 7.89. The molecule has 1 saturated heterocycles. The van der Waals surface area contributed by atoms with Gasteiger partial charge in [0.1, 0.15) is 0 Å². The van der Waals surface area contributed by atoms with Crippen molar-refractivity contribution in [2.45, 2.75) is 52.4 Å². The van der Waals surface area contributed by atoms with Crippen molar-refractivity contribution in [2.75, 3.05) is 18.4 Å². The van der Waals surface area contributed by atoms with Crippen LogP contribution in [0, 0.1) is 40.5 Å². The van der Waals surface area contributed by atoms with Crippen LogP contribution in [0.5, 0.6) is 0 Å². The second-order valence-corrected chi connectivity index (χ2v) is 9.89. The summed E-state index contributed by atoms with van der Waals surface area (Å²) in [6, 6.07) is 7.16. The number of aromatic nitrogens is 1. The molecule has 7 heteroatoms. The van der Waals surface area contributed by atoms with Gasteiger partial charge in [0.05, 0.1) is 16.3 Å². The quantitative estimate of drug-likeness (QED) is 0.826. The Morgan fingerprint density at radius 2 is 1.66 bits per heavy atom. The highest BCUT2D eigenvalue weighted by Gasteiger charge is 2.32. The molecule has 0 saturated carbocycles. The van der Waals surface area contributed by atoms with Gasteiger partial charge in [-0.05, 0) is 82.3 Å². The predicted molar refractivity (Wildman–Crippen MR) is 114 cm³/mol. The van der Waals surface area contributed by atoms with Gasteiger partial charge in [-0.25, -0.2) is 8.42 Å². The minimum Gasteiger partial charge on any atom is -0.324 e. The monoisotopic (exact) mass is 415 g/mol. The Kier molecular flexibility index (Phi) is 6.10. The Labute approximate surface area is 173 Å². The number of amides is 1. The summed E-state index contributed by atoms with van der Waals surface area (Å²) in [5.74, 6) is -0.272. The first-order valence-corrected chi connectivity index (χ1v) is 11.4. The van der Waals surface area contributed by atoms with Gasteiger partial charge >= 0.3 is 0 Å². The number of hydrogen-bond donors (Lipinski definition) is 1. The zero-order chi connectivity index (χ0) is 21.3. The van der Waals surface area contributed by atoms with E-state index in [1.165, 1.54) is 4.31 Å². The lowest BCUT2D eigenvalue weighted by atomic mass is 9.97. The summed E-state index contributed by atoms with van der Waals surface area (Å²) < 4.78 is 27.4. The SMILES string of the molecule is Cc1cc(C)c(NC(=O)C2CCN(S(=O)(=O)c3ccc(C)c(C)c3)CC2)c(C)n1. The molecule has 0 radical (unpaired) electrons. The largest absolute Gasteiger partial charge is 0.324 e. The molecule has 1 amide bonds. The molecule has 1 aliphatic rings. The molecule has 29 heavy (non-hydrogen) atoms. The number of aryl methyl sites for hydroxylation is 5. The summed E-state index contributed by atoms with van der Waals surface area (Å²) >= 11 is 0. The smallest absolute Gasteiger partial charge is 0.243 e. The van der Waals surface area contributed by atoms with E-state index in [2.05, 4.69) is 10.3 Å². The summed E-state index contributed by atoms with van der Waals surface area (Å²) in [6.07, 6.45) is 1.01. The molecule has 1 N–H and O–H groups in total. The topological polar surface area (TPSA) is 79.4 Å². The van der Waals surface area contributed by atoms with E-state index >= 15 is 0 Å². The fourth-order valence-corrected chi connectivity index (χ4v) is 5.38. The van der Waals surface area contributed by atoms with Crippen LogP contribution < -0.4 is 5.32 Å². The fourth-order valence-electron chi connectivity index (χ4n) is 3.82. The zero-order valence-electron chi connectivity index (χ0n) is 17.7. The van der Waals surface area contributed by atoms with Crippen molar-refractivity contribution < 1.29 is 13.2 Å². The van der Waals surface area contributed by atoms with Crippen molar-refractivity contribution in [2.24, 2.45) is 5.92 Å². The van der Waals surface area contributed by atoms with Gasteiger partial charge in [-0.15, -0.1) is 0 Å². The minimum atomic E-state index is -3.54. The molecule has 1 fully saturated rings. The van der Waals surface area contributed by atoms with Crippen LogP contribution in [0.4, 0.5) is 5.69 Å². The number of hydrogen-bond acceptors (Lipinski definition) is 4. The van der Waals surface area contributed by atoms with E-state index in [0.29, 0.717) is 30.8 Å². The first kappa shape index (κ1) is 21.5. The van der Waals surface area contributed by atoms with Crippen LogP contribution in [0.15, 0.2) is 29.2 Å². The average Bonchev–Trinajstić information content (AvgIpc) is 2.66. The minimum absolute atomic E-state index is 0.0647. The van der Waals surface area contributed by atoms with Crippen molar-refractivity contribution in [1.29, 1.82) is 0 Å². The number of rotatable bonds is 4. The van der Waals surface area contributed by atoms with Crippen molar-refractivity contribution in [3.05, 3.63) is 52.3 Å². The first-order chi connectivity index (χ1) is 13.6. The molecular weight excluding hydrogens is 386 g/mol. The summed E-state index contributed by atoms with van der Waals surface area (Å²) in [5.41, 5.74) is 5.48. The van der Waals surface area contributed by atoms with E-state index in [1.807, 2.05) is 46.8 Å². The first-order valence-electron chi connectivity index (χ1n) is 9.92. The van der Waals surface area contributed by atoms with E-state index in [0.717, 1.165) is 33.8 Å². The fraction of sp³-hybridized carbons (Fsp3) is 0.455. The number of benzene rings is 1. The third-order valence-corrected chi connectivity index (χ3v) is 7.61. The molecule has 1 aliphatic heterocycles. The molecule has 0 aliphatic carbocycles. The second kappa shape index (κ2) is 8.24. The summed E-state index contributed by atoms with van der Waals surface area (Å²) in [4.78, 5) is 17.5. The van der Waals surface area contributed by atoms with E-state index < -0.39 is 10.0 Å². The third-order valence-electron chi connectivity index (χ3n) is 5.71. The zero-order valence-corrected chi connectivity index (χ0v) is 18.6. The Morgan fingerprint density at radius 1 is 1.00 bits per heavy atom. The van der Waals surface area contributed by atoms with Crippen LogP contribution in [-0.4, -0.2) is 36.7 Å². The van der Waals surface area contributed by atoms with Gasteiger partial charge in [-0.3, -0.25) is 9.78 Å². The van der Waals surface area contributed by atoms with Crippen molar-refractivity contribution >= 4 is 21.6 Å². The van der Waals surface area contributed by atoms with Crippen molar-refractivity contribution in [3.8, 4) is 0 Å². The van der Waals surface area contributed by atoms with Gasteiger partial charge < -0.3 is 5.32 Å². The maximum absolute atomic E-state index is 13.0. The van der Waals surface area contributed by atoms with Gasteiger partial charge in [-0.1, -0.05) is 6.07 Å². The maximum Gasteiger partial charge on any atom is 0.243 e. The van der Waals surface area contributed by atoms with E-state index in [1.54, 1.807) is 12.1 Å². The molecule has 0 spiro atoms. The average molecular weight is 416 g/mol. The van der Waals surface area contributed by atoms with Crippen LogP contribution in [0.3, 0.4) is 0 Å². The highest BCUT2D eigenvalue weighted by Crippen LogP contribution is 2.27. The van der Waals surface area contributed by atoms with Gasteiger partial charge in [0.15, 0.2) is 0 Å². The molecule has 6 nitrogen and oxygen atoms in total. The van der Waals surface area contributed by atoms with Crippen molar-refractivity contribution in [3.63, 3.8) is 0 Å². The van der Waals surface area contributed by atoms with E-state index in [9.17, 15) is 13.2 Å². The number of sulfonamides is 1. The molecule has 3 rings (SSSR count). The van der Waals surface area contributed by atoms with Gasteiger partial charge in [0, 0.05) is 24.7 Å². The van der Waals surface area contributed by atoms with Gasteiger partial charge in [-0.2, -0.15) is 4.31 Å². The highest BCUT2D eigenvalue weighted by atomic mass is 32.2. The van der Waals surface area contributed by atoms with Crippen LogP contribution in [0.2, 0.25) is 0 Å². The number of nitrogens with zero attached hydrogens (tertiary/aromatic N) is 2. The standard InChI is InChI=1S/C22H29N3O3S/c1-14-6-7-20(13-15(14)2)29(27,28)25-10-8-19(9-11-25)22(26)24-21-16(3)12-17(4)23-18(21)5/h6-7,12-13,19H,8-11H2,1-5H3,(H,24,26). The predicted octanol–water partition coefficient (Wildman–Crippen LogP) is 3.66. The third kappa shape index (κ3) is 4.51. The normalized spacial score (nSPS) is 16.0. The Hall–Kier alpha value is -2.25. The molecule has 0 bridgehead atoms. The Bertz CT molecular complexity index is 1020. The number of nitrogens with one attached hydrogen (secondary N) is 1. The molecule has 156 valence electrons. The summed E-state index contributed by atoms with van der Waals surface area (Å²) in [7, 11) is -3.54. The summed E-state index contributed by atoms with van der Waals surface area (Å²) in [6.45, 7) is 10.3. The molecule has 1 aromatic carbocycles. The second-order valence-electron chi connectivity index (χ2n) is 7.95. The molecule has 0 unspecified atom stereocenters. The van der Waals surface area contributed by atoms with Crippen LogP contribution in [0.1, 0.15) is 40.9 Å². The van der Waals surface area contributed by atoms with Crippen LogP contribution in [-0.2, 0) is 14.8 Å². The molecule has 2 aromatic rings. The van der Waals surface area contributed by atoms with E-state index in [-0.39, 0.29) is 11.8 Å². The Morgan fingerprint density at radius 3 is 2.24 bits per heavy atom.